The van der Waals surface area contributed by atoms with Crippen LogP contribution in [0.15, 0.2) is 30.3 Å². The fourth-order valence-corrected chi connectivity index (χ4v) is 4.40. The molecule has 0 bridgehead atoms. The molecule has 1 aromatic carbocycles. The largest absolute Gasteiger partial charge is 0.506 e. The van der Waals surface area contributed by atoms with E-state index in [-0.39, 0.29) is 23.6 Å². The molecule has 3 heterocycles. The van der Waals surface area contributed by atoms with Crippen LogP contribution in [0.1, 0.15) is 31.9 Å². The first kappa shape index (κ1) is 17.7. The van der Waals surface area contributed by atoms with E-state index in [1.165, 1.54) is 0 Å². The van der Waals surface area contributed by atoms with Crippen LogP contribution in [0.5, 0.6) is 5.75 Å². The van der Waals surface area contributed by atoms with Crippen molar-refractivity contribution >= 4 is 22.8 Å². The van der Waals surface area contributed by atoms with Gasteiger partial charge in [-0.3, -0.25) is 15.0 Å². The zero-order chi connectivity index (χ0) is 19.0. The second-order valence-electron chi connectivity index (χ2n) is 7.44. The molecule has 27 heavy (non-hydrogen) atoms. The number of carbonyl (C=O) groups excluding carboxylic acids is 2. The van der Waals surface area contributed by atoms with Crippen molar-refractivity contribution in [2.24, 2.45) is 5.92 Å². The van der Waals surface area contributed by atoms with Crippen LogP contribution in [-0.2, 0) is 11.3 Å². The third-order valence-corrected chi connectivity index (χ3v) is 5.95. The number of benzene rings is 1. The lowest BCUT2D eigenvalue weighted by Crippen LogP contribution is -2.55. The Kier molecular flexibility index (Phi) is 4.47. The van der Waals surface area contributed by atoms with Gasteiger partial charge in [-0.15, -0.1) is 0 Å². The summed E-state index contributed by atoms with van der Waals surface area (Å²) in [5.41, 5.74) is 0.774. The molecule has 7 heteroatoms. The van der Waals surface area contributed by atoms with Gasteiger partial charge in [0.25, 0.3) is 5.91 Å². The highest BCUT2D eigenvalue weighted by atomic mass is 16.3. The van der Waals surface area contributed by atoms with Crippen molar-refractivity contribution in [2.75, 3.05) is 13.1 Å². The minimum Gasteiger partial charge on any atom is -0.506 e. The molecule has 4 rings (SSSR count). The van der Waals surface area contributed by atoms with Gasteiger partial charge in [0.15, 0.2) is 0 Å². The second kappa shape index (κ2) is 6.81. The van der Waals surface area contributed by atoms with Crippen molar-refractivity contribution in [3.8, 4) is 5.75 Å². The minimum atomic E-state index is -0.768. The van der Waals surface area contributed by atoms with Gasteiger partial charge in [0, 0.05) is 11.9 Å². The number of pyridine rings is 1. The number of piperidine rings is 1. The van der Waals surface area contributed by atoms with Crippen LogP contribution in [-0.4, -0.2) is 45.6 Å². The minimum absolute atomic E-state index is 0.138. The topological polar surface area (TPSA) is 94.6 Å². The van der Waals surface area contributed by atoms with E-state index in [2.05, 4.69) is 20.5 Å². The highest BCUT2D eigenvalue weighted by molar-refractivity contribution is 6.07. The zero-order valence-corrected chi connectivity index (χ0v) is 15.4. The number of phenolic OH excluding ortho intramolecular Hbond substituents is 1. The van der Waals surface area contributed by atoms with E-state index >= 15 is 0 Å². The third kappa shape index (κ3) is 3.12. The first-order chi connectivity index (χ1) is 13.0. The van der Waals surface area contributed by atoms with Gasteiger partial charge in [-0.05, 0) is 50.4 Å². The van der Waals surface area contributed by atoms with Crippen molar-refractivity contribution in [2.45, 2.75) is 38.3 Å². The molecular formula is C20H24N4O3. The number of hydrogen-bond donors (Lipinski definition) is 3. The highest BCUT2D eigenvalue weighted by Gasteiger charge is 2.50. The van der Waals surface area contributed by atoms with E-state index in [4.69, 9.17) is 0 Å². The lowest BCUT2D eigenvalue weighted by Gasteiger charge is -2.40. The number of imide groups is 1. The summed E-state index contributed by atoms with van der Waals surface area (Å²) >= 11 is 0. The average Bonchev–Trinajstić information content (AvgIpc) is 2.97. The number of likely N-dealkylation sites (tertiary alicyclic amines) is 1. The fourth-order valence-electron chi connectivity index (χ4n) is 4.40. The first-order valence-electron chi connectivity index (χ1n) is 9.45. The monoisotopic (exact) mass is 368 g/mol. The number of amides is 3. The van der Waals surface area contributed by atoms with Crippen LogP contribution >= 0.6 is 0 Å². The summed E-state index contributed by atoms with van der Waals surface area (Å²) in [5.74, 6) is 0.139. The number of carbonyl (C=O) groups is 2. The van der Waals surface area contributed by atoms with Crippen molar-refractivity contribution in [1.82, 2.24) is 20.5 Å². The molecule has 142 valence electrons. The van der Waals surface area contributed by atoms with Crippen LogP contribution < -0.4 is 10.6 Å². The van der Waals surface area contributed by atoms with Gasteiger partial charge in [0.1, 0.15) is 16.8 Å². The van der Waals surface area contributed by atoms with E-state index in [1.807, 2.05) is 31.2 Å². The highest BCUT2D eigenvalue weighted by Crippen LogP contribution is 2.34. The molecule has 0 spiro atoms. The summed E-state index contributed by atoms with van der Waals surface area (Å²) in [6.07, 6.45) is 2.29. The van der Waals surface area contributed by atoms with E-state index in [0.717, 1.165) is 37.0 Å². The summed E-state index contributed by atoms with van der Waals surface area (Å²) < 4.78 is 0. The van der Waals surface area contributed by atoms with Crippen LogP contribution in [0.2, 0.25) is 0 Å². The maximum absolute atomic E-state index is 12.3. The molecule has 7 nitrogen and oxygen atoms in total. The number of fused-ring (bicyclic) bond motifs is 1. The van der Waals surface area contributed by atoms with Gasteiger partial charge in [0.05, 0.1) is 5.69 Å². The lowest BCUT2D eigenvalue weighted by atomic mass is 9.76. The molecule has 2 aromatic rings. The molecule has 3 amide bonds. The van der Waals surface area contributed by atoms with E-state index < -0.39 is 5.54 Å². The van der Waals surface area contributed by atoms with E-state index in [1.54, 1.807) is 6.07 Å². The molecule has 0 radical (unpaired) electrons. The Balaban J connectivity index is 1.43. The molecule has 3 N–H and O–H groups in total. The van der Waals surface area contributed by atoms with Crippen molar-refractivity contribution < 1.29 is 14.7 Å². The van der Waals surface area contributed by atoms with Crippen molar-refractivity contribution in [3.63, 3.8) is 0 Å². The zero-order valence-electron chi connectivity index (χ0n) is 15.4. The maximum atomic E-state index is 12.3. The van der Waals surface area contributed by atoms with Gasteiger partial charge in [-0.25, -0.2) is 9.78 Å². The SMILES string of the molecule is CC[C@]1(C2CCN(Cc3ccc4cccc(O)c4n3)CC2)NC(=O)NC1=O. The molecule has 2 aliphatic rings. The predicted molar refractivity (Wildman–Crippen MR) is 101 cm³/mol. The van der Waals surface area contributed by atoms with Gasteiger partial charge in [-0.1, -0.05) is 25.1 Å². The van der Waals surface area contributed by atoms with Gasteiger partial charge < -0.3 is 10.4 Å². The number of aromatic nitrogens is 1. The predicted octanol–water partition coefficient (Wildman–Crippen LogP) is 2.14. The Morgan fingerprint density at radius 3 is 2.67 bits per heavy atom. The van der Waals surface area contributed by atoms with Crippen molar-refractivity contribution in [3.05, 3.63) is 36.0 Å². The summed E-state index contributed by atoms with van der Waals surface area (Å²) in [6.45, 7) is 4.34. The van der Waals surface area contributed by atoms with Crippen molar-refractivity contribution in [1.29, 1.82) is 0 Å². The number of aromatic hydroxyl groups is 1. The Bertz CT molecular complexity index is 892. The molecule has 1 aromatic heterocycles. The van der Waals surface area contributed by atoms with Gasteiger partial charge in [0.2, 0.25) is 0 Å². The van der Waals surface area contributed by atoms with Crippen LogP contribution in [0.3, 0.4) is 0 Å². The number of para-hydroxylation sites is 1. The number of rotatable bonds is 4. The molecule has 2 saturated heterocycles. The molecular weight excluding hydrogens is 344 g/mol. The standard InChI is InChI=1S/C20H24N4O3/c1-2-20(18(26)22-19(27)23-20)14-8-10-24(11-9-14)12-15-7-6-13-4-3-5-16(25)17(13)21-15/h3-7,14,25H,2,8-12H2,1H3,(H2,22,23,26,27)/t20-/m1/s1. The Hall–Kier alpha value is -2.67. The van der Waals surface area contributed by atoms with Gasteiger partial charge >= 0.3 is 6.03 Å². The van der Waals surface area contributed by atoms with Gasteiger partial charge in [-0.2, -0.15) is 0 Å². The van der Waals surface area contributed by atoms with E-state index in [0.29, 0.717) is 18.5 Å². The number of nitrogens with zero attached hydrogens (tertiary/aromatic N) is 2. The van der Waals surface area contributed by atoms with Crippen LogP contribution in [0, 0.1) is 5.92 Å². The molecule has 0 unspecified atom stereocenters. The number of phenols is 1. The molecule has 0 aliphatic carbocycles. The number of nitrogens with one attached hydrogen (secondary N) is 2. The average molecular weight is 368 g/mol. The second-order valence-corrected chi connectivity index (χ2v) is 7.44. The summed E-state index contributed by atoms with van der Waals surface area (Å²) in [4.78, 5) is 30.9. The van der Waals surface area contributed by atoms with Crippen LogP contribution in [0.4, 0.5) is 4.79 Å². The summed E-state index contributed by atoms with van der Waals surface area (Å²) in [6, 6.07) is 8.98. The smallest absolute Gasteiger partial charge is 0.322 e. The first-order valence-corrected chi connectivity index (χ1v) is 9.45. The quantitative estimate of drug-likeness (QED) is 0.719. The number of hydrogen-bond acceptors (Lipinski definition) is 5. The molecule has 2 fully saturated rings. The Morgan fingerprint density at radius 1 is 1.22 bits per heavy atom. The number of urea groups is 1. The fraction of sp³-hybridized carbons (Fsp3) is 0.450. The van der Waals surface area contributed by atoms with Crippen LogP contribution in [0.25, 0.3) is 10.9 Å². The lowest BCUT2D eigenvalue weighted by molar-refractivity contribution is -0.126. The Morgan fingerprint density at radius 2 is 2.00 bits per heavy atom. The molecule has 1 atom stereocenters. The van der Waals surface area contributed by atoms with E-state index in [9.17, 15) is 14.7 Å². The normalized spacial score (nSPS) is 24.2. The third-order valence-electron chi connectivity index (χ3n) is 5.95. The summed E-state index contributed by atoms with van der Waals surface area (Å²) in [5, 5.41) is 16.2. The summed E-state index contributed by atoms with van der Waals surface area (Å²) in [7, 11) is 0. The molecule has 0 saturated carbocycles. The maximum Gasteiger partial charge on any atom is 0.322 e. The molecule has 2 aliphatic heterocycles. The Labute approximate surface area is 157 Å².